The van der Waals surface area contributed by atoms with Gasteiger partial charge in [-0.1, -0.05) is 13.8 Å². The minimum absolute atomic E-state index is 0.873. The Bertz CT molecular complexity index is 341. The van der Waals surface area contributed by atoms with Crippen LogP contribution in [0.5, 0.6) is 0 Å². The van der Waals surface area contributed by atoms with Crippen LogP contribution >= 0.6 is 0 Å². The van der Waals surface area contributed by atoms with Gasteiger partial charge in [0.15, 0.2) is 5.96 Å². The SMILES string of the molecule is CCN1CCN(CCCCNC(=NC)N2CCC(C)CC2)CC1. The van der Waals surface area contributed by atoms with E-state index in [4.69, 9.17) is 0 Å². The highest BCUT2D eigenvalue weighted by atomic mass is 15.3. The molecular weight excluding hydrogens is 286 g/mol. The molecule has 2 saturated heterocycles. The van der Waals surface area contributed by atoms with E-state index in [1.807, 2.05) is 7.05 Å². The number of unbranched alkanes of at least 4 members (excludes halogenated alkanes) is 1. The van der Waals surface area contributed by atoms with Crippen LogP contribution in [0.4, 0.5) is 0 Å². The zero-order chi connectivity index (χ0) is 16.5. The highest BCUT2D eigenvalue weighted by molar-refractivity contribution is 5.79. The topological polar surface area (TPSA) is 34.1 Å². The second-order valence-electron chi connectivity index (χ2n) is 7.13. The monoisotopic (exact) mass is 323 g/mol. The van der Waals surface area contributed by atoms with E-state index in [0.29, 0.717) is 0 Å². The number of aliphatic imine (C=N–C) groups is 1. The molecule has 0 aliphatic carbocycles. The van der Waals surface area contributed by atoms with E-state index in [9.17, 15) is 0 Å². The molecule has 0 radical (unpaired) electrons. The van der Waals surface area contributed by atoms with Gasteiger partial charge in [-0.2, -0.15) is 0 Å². The van der Waals surface area contributed by atoms with Gasteiger partial charge < -0.3 is 20.0 Å². The first-order valence-electron chi connectivity index (χ1n) is 9.63. The summed E-state index contributed by atoms with van der Waals surface area (Å²) < 4.78 is 0. The molecule has 23 heavy (non-hydrogen) atoms. The summed E-state index contributed by atoms with van der Waals surface area (Å²) in [4.78, 5) is 12.0. The summed E-state index contributed by atoms with van der Waals surface area (Å²) in [6, 6.07) is 0. The van der Waals surface area contributed by atoms with Crippen LogP contribution in [-0.4, -0.2) is 86.6 Å². The molecule has 0 aromatic heterocycles. The van der Waals surface area contributed by atoms with Gasteiger partial charge in [-0.25, -0.2) is 0 Å². The van der Waals surface area contributed by atoms with Gasteiger partial charge >= 0.3 is 0 Å². The summed E-state index contributed by atoms with van der Waals surface area (Å²) in [5.41, 5.74) is 0. The van der Waals surface area contributed by atoms with Crippen LogP contribution in [0.15, 0.2) is 4.99 Å². The second kappa shape index (κ2) is 10.1. The molecule has 5 heteroatoms. The van der Waals surface area contributed by atoms with Gasteiger partial charge in [0.05, 0.1) is 0 Å². The van der Waals surface area contributed by atoms with Crippen molar-refractivity contribution in [1.29, 1.82) is 0 Å². The van der Waals surface area contributed by atoms with Crippen LogP contribution in [0, 0.1) is 5.92 Å². The van der Waals surface area contributed by atoms with Gasteiger partial charge in [-0.05, 0) is 44.7 Å². The third kappa shape index (κ3) is 6.30. The first-order chi connectivity index (χ1) is 11.2. The van der Waals surface area contributed by atoms with E-state index < -0.39 is 0 Å². The van der Waals surface area contributed by atoms with Crippen LogP contribution in [0.2, 0.25) is 0 Å². The van der Waals surface area contributed by atoms with Crippen molar-refractivity contribution in [2.45, 2.75) is 39.5 Å². The Balaban J connectivity index is 1.54. The molecule has 2 aliphatic heterocycles. The van der Waals surface area contributed by atoms with E-state index in [1.165, 1.54) is 65.0 Å². The number of nitrogens with zero attached hydrogens (tertiary/aromatic N) is 4. The maximum Gasteiger partial charge on any atom is 0.193 e. The van der Waals surface area contributed by atoms with Crippen molar-refractivity contribution in [2.75, 3.05) is 66.0 Å². The van der Waals surface area contributed by atoms with E-state index in [0.717, 1.165) is 31.5 Å². The molecule has 0 unspecified atom stereocenters. The molecule has 0 aromatic rings. The summed E-state index contributed by atoms with van der Waals surface area (Å²) in [6.07, 6.45) is 5.11. The lowest BCUT2D eigenvalue weighted by molar-refractivity contribution is 0.136. The molecule has 134 valence electrons. The molecule has 0 atom stereocenters. The minimum Gasteiger partial charge on any atom is -0.356 e. The number of piperidine rings is 1. The maximum atomic E-state index is 4.46. The number of likely N-dealkylation sites (tertiary alicyclic amines) is 1. The summed E-state index contributed by atoms with van der Waals surface area (Å²) in [6.45, 7) is 15.4. The zero-order valence-corrected chi connectivity index (χ0v) is 15.6. The van der Waals surface area contributed by atoms with E-state index in [1.54, 1.807) is 0 Å². The highest BCUT2D eigenvalue weighted by Crippen LogP contribution is 2.15. The predicted molar refractivity (Wildman–Crippen MR) is 99.1 cm³/mol. The molecule has 2 fully saturated rings. The van der Waals surface area contributed by atoms with Crippen molar-refractivity contribution in [2.24, 2.45) is 10.9 Å². The number of guanidine groups is 1. The summed E-state index contributed by atoms with van der Waals surface area (Å²) in [7, 11) is 1.91. The molecule has 5 nitrogen and oxygen atoms in total. The first kappa shape index (κ1) is 18.5. The lowest BCUT2D eigenvalue weighted by atomic mass is 10.00. The average molecular weight is 324 g/mol. The third-order valence-electron chi connectivity index (χ3n) is 5.39. The van der Waals surface area contributed by atoms with Gasteiger partial charge in [0.1, 0.15) is 0 Å². The van der Waals surface area contributed by atoms with Crippen molar-refractivity contribution in [1.82, 2.24) is 20.0 Å². The van der Waals surface area contributed by atoms with Crippen molar-refractivity contribution >= 4 is 5.96 Å². The van der Waals surface area contributed by atoms with Crippen molar-refractivity contribution < 1.29 is 0 Å². The lowest BCUT2D eigenvalue weighted by Crippen LogP contribution is -2.46. The number of nitrogens with one attached hydrogen (secondary N) is 1. The fourth-order valence-electron chi connectivity index (χ4n) is 3.54. The van der Waals surface area contributed by atoms with Crippen molar-refractivity contribution in [3.05, 3.63) is 0 Å². The number of rotatable bonds is 6. The maximum absolute atomic E-state index is 4.46. The summed E-state index contributed by atoms with van der Waals surface area (Å²) in [5, 5.41) is 3.56. The molecule has 0 amide bonds. The highest BCUT2D eigenvalue weighted by Gasteiger charge is 2.18. The lowest BCUT2D eigenvalue weighted by Gasteiger charge is -2.34. The summed E-state index contributed by atoms with van der Waals surface area (Å²) in [5.74, 6) is 1.98. The number of hydrogen-bond acceptors (Lipinski definition) is 3. The van der Waals surface area contributed by atoms with E-state index in [2.05, 4.69) is 38.9 Å². The van der Waals surface area contributed by atoms with Crippen molar-refractivity contribution in [3.8, 4) is 0 Å². The molecule has 0 aromatic carbocycles. The minimum atomic E-state index is 0.873. The number of hydrogen-bond donors (Lipinski definition) is 1. The Kier molecular flexibility index (Phi) is 8.17. The van der Waals surface area contributed by atoms with Gasteiger partial charge in [0, 0.05) is 52.9 Å². The fourth-order valence-corrected chi connectivity index (χ4v) is 3.54. The zero-order valence-electron chi connectivity index (χ0n) is 15.6. The Morgan fingerprint density at radius 1 is 1.00 bits per heavy atom. The van der Waals surface area contributed by atoms with Crippen LogP contribution in [0.25, 0.3) is 0 Å². The Morgan fingerprint density at radius 2 is 1.65 bits per heavy atom. The van der Waals surface area contributed by atoms with Gasteiger partial charge in [-0.3, -0.25) is 4.99 Å². The van der Waals surface area contributed by atoms with Gasteiger partial charge in [0.2, 0.25) is 0 Å². The smallest absolute Gasteiger partial charge is 0.193 e. The quantitative estimate of drug-likeness (QED) is 0.458. The Hall–Kier alpha value is -0.810. The van der Waals surface area contributed by atoms with Gasteiger partial charge in [0.25, 0.3) is 0 Å². The molecule has 0 bridgehead atoms. The molecule has 0 spiro atoms. The van der Waals surface area contributed by atoms with E-state index in [-0.39, 0.29) is 0 Å². The Labute approximate surface area is 143 Å². The summed E-state index contributed by atoms with van der Waals surface area (Å²) >= 11 is 0. The fraction of sp³-hybridized carbons (Fsp3) is 0.944. The van der Waals surface area contributed by atoms with Crippen LogP contribution in [-0.2, 0) is 0 Å². The van der Waals surface area contributed by atoms with Crippen molar-refractivity contribution in [3.63, 3.8) is 0 Å². The average Bonchev–Trinajstić information content (AvgIpc) is 2.60. The third-order valence-corrected chi connectivity index (χ3v) is 5.39. The molecule has 2 aliphatic rings. The molecule has 2 rings (SSSR count). The van der Waals surface area contributed by atoms with Crippen LogP contribution in [0.3, 0.4) is 0 Å². The van der Waals surface area contributed by atoms with Crippen LogP contribution in [0.1, 0.15) is 39.5 Å². The molecule has 1 N–H and O–H groups in total. The molecular formula is C18H37N5. The normalized spacial score (nSPS) is 22.6. The van der Waals surface area contributed by atoms with E-state index >= 15 is 0 Å². The predicted octanol–water partition coefficient (Wildman–Crippen LogP) is 1.71. The molecule has 2 heterocycles. The number of piperazine rings is 1. The standard InChI is InChI=1S/C18H37N5/c1-4-21-13-15-22(16-14-21)10-6-5-9-20-18(19-3)23-11-7-17(2)8-12-23/h17H,4-16H2,1-3H3,(H,19,20). The first-order valence-corrected chi connectivity index (χ1v) is 9.63. The Morgan fingerprint density at radius 3 is 2.26 bits per heavy atom. The largest absolute Gasteiger partial charge is 0.356 e. The molecule has 0 saturated carbocycles. The van der Waals surface area contributed by atoms with Crippen LogP contribution < -0.4 is 5.32 Å². The van der Waals surface area contributed by atoms with Gasteiger partial charge in [-0.15, -0.1) is 0 Å². The second-order valence-corrected chi connectivity index (χ2v) is 7.13. The number of likely N-dealkylation sites (N-methyl/N-ethyl adjacent to an activating group) is 1.